The molecule has 4 heterocycles. The van der Waals surface area contributed by atoms with E-state index < -0.39 is 0 Å². The van der Waals surface area contributed by atoms with Crippen LogP contribution in [0.15, 0.2) is 42.9 Å². The summed E-state index contributed by atoms with van der Waals surface area (Å²) < 4.78 is 8.13. The SMILES string of the molecule is CC(C)n1ccc([C@@H]2[C@@H](c3ccccn3)NC(=S)N2C[C@H]2CCCO2)c1. The van der Waals surface area contributed by atoms with E-state index in [0.717, 1.165) is 36.8 Å². The van der Waals surface area contributed by atoms with Crippen molar-refractivity contribution in [3.05, 3.63) is 54.1 Å². The first-order valence-electron chi connectivity index (χ1n) is 9.40. The van der Waals surface area contributed by atoms with Crippen LogP contribution in [0.25, 0.3) is 0 Å². The highest BCUT2D eigenvalue weighted by Crippen LogP contribution is 2.39. The van der Waals surface area contributed by atoms with Gasteiger partial charge in [0.25, 0.3) is 0 Å². The summed E-state index contributed by atoms with van der Waals surface area (Å²) >= 11 is 5.71. The Balaban J connectivity index is 1.68. The van der Waals surface area contributed by atoms with Crippen LogP contribution in [0.5, 0.6) is 0 Å². The summed E-state index contributed by atoms with van der Waals surface area (Å²) in [4.78, 5) is 6.89. The Morgan fingerprint density at radius 3 is 2.88 bits per heavy atom. The van der Waals surface area contributed by atoms with Crippen molar-refractivity contribution in [1.82, 2.24) is 19.8 Å². The van der Waals surface area contributed by atoms with Gasteiger partial charge in [-0.15, -0.1) is 0 Å². The third kappa shape index (κ3) is 3.35. The predicted octanol–water partition coefficient (Wildman–Crippen LogP) is 3.62. The Hall–Kier alpha value is -1.92. The van der Waals surface area contributed by atoms with Crippen LogP contribution in [0.1, 0.15) is 56.1 Å². The molecular weight excluding hydrogens is 344 g/mol. The first-order valence-corrected chi connectivity index (χ1v) is 9.81. The highest BCUT2D eigenvalue weighted by Gasteiger charge is 2.41. The van der Waals surface area contributed by atoms with Crippen molar-refractivity contribution in [3.63, 3.8) is 0 Å². The normalized spacial score (nSPS) is 25.9. The number of nitrogens with zero attached hydrogens (tertiary/aromatic N) is 3. The molecule has 2 aromatic rings. The molecule has 26 heavy (non-hydrogen) atoms. The van der Waals surface area contributed by atoms with Crippen LogP contribution in [-0.2, 0) is 4.74 Å². The number of nitrogens with one attached hydrogen (secondary N) is 1. The zero-order valence-electron chi connectivity index (χ0n) is 15.3. The summed E-state index contributed by atoms with van der Waals surface area (Å²) in [5.74, 6) is 0. The fourth-order valence-corrected chi connectivity index (χ4v) is 4.21. The van der Waals surface area contributed by atoms with Crippen LogP contribution in [-0.4, -0.2) is 38.8 Å². The zero-order chi connectivity index (χ0) is 18.1. The van der Waals surface area contributed by atoms with Gasteiger partial charge < -0.3 is 19.5 Å². The van der Waals surface area contributed by atoms with Gasteiger partial charge >= 0.3 is 0 Å². The summed E-state index contributed by atoms with van der Waals surface area (Å²) in [5.41, 5.74) is 2.28. The van der Waals surface area contributed by atoms with E-state index in [4.69, 9.17) is 17.0 Å². The third-order valence-electron chi connectivity index (χ3n) is 5.30. The van der Waals surface area contributed by atoms with E-state index in [-0.39, 0.29) is 18.2 Å². The van der Waals surface area contributed by atoms with Crippen molar-refractivity contribution < 1.29 is 4.74 Å². The van der Waals surface area contributed by atoms with Crippen LogP contribution in [0.4, 0.5) is 0 Å². The van der Waals surface area contributed by atoms with Crippen molar-refractivity contribution in [3.8, 4) is 0 Å². The van der Waals surface area contributed by atoms with Gasteiger partial charge in [0.2, 0.25) is 0 Å². The number of aromatic nitrogens is 2. The maximum Gasteiger partial charge on any atom is 0.170 e. The van der Waals surface area contributed by atoms with Crippen LogP contribution in [0.2, 0.25) is 0 Å². The maximum absolute atomic E-state index is 5.88. The lowest BCUT2D eigenvalue weighted by molar-refractivity contribution is 0.0842. The lowest BCUT2D eigenvalue weighted by Gasteiger charge is -2.29. The number of hydrogen-bond donors (Lipinski definition) is 1. The second-order valence-corrected chi connectivity index (χ2v) is 7.79. The van der Waals surface area contributed by atoms with Crippen LogP contribution in [0.3, 0.4) is 0 Å². The quantitative estimate of drug-likeness (QED) is 0.815. The summed E-state index contributed by atoms with van der Waals surface area (Å²) in [5, 5.41) is 4.30. The van der Waals surface area contributed by atoms with Gasteiger partial charge in [-0.05, 0) is 62.7 Å². The van der Waals surface area contributed by atoms with Crippen LogP contribution < -0.4 is 5.32 Å². The first-order chi connectivity index (χ1) is 12.6. The molecule has 5 nitrogen and oxygen atoms in total. The molecule has 4 rings (SSSR count). The molecule has 2 aromatic heterocycles. The van der Waals surface area contributed by atoms with E-state index in [1.165, 1.54) is 5.56 Å². The Kier molecular flexibility index (Phi) is 4.96. The molecule has 2 fully saturated rings. The average molecular weight is 371 g/mol. The second-order valence-electron chi connectivity index (χ2n) is 7.40. The molecule has 3 atom stereocenters. The molecule has 0 aromatic carbocycles. The van der Waals surface area contributed by atoms with Crippen molar-refractivity contribution >= 4 is 17.3 Å². The molecular formula is C20H26N4OS. The standard InChI is InChI=1S/C20H26N4OS/c1-14(2)23-10-8-15(12-23)19-18(17-7-3-4-9-21-17)22-20(26)24(19)13-16-6-5-11-25-16/h3-4,7-10,12,14,16,18-19H,5-6,11,13H2,1-2H3,(H,22,26)/t16-,18-,19-/m1/s1. The Labute approximate surface area is 160 Å². The molecule has 0 amide bonds. The van der Waals surface area contributed by atoms with E-state index in [1.807, 2.05) is 18.3 Å². The van der Waals surface area contributed by atoms with E-state index in [0.29, 0.717) is 6.04 Å². The van der Waals surface area contributed by atoms with Gasteiger partial charge in [0.15, 0.2) is 5.11 Å². The molecule has 2 saturated heterocycles. The molecule has 0 radical (unpaired) electrons. The van der Waals surface area contributed by atoms with Gasteiger partial charge in [-0.25, -0.2) is 0 Å². The van der Waals surface area contributed by atoms with E-state index in [9.17, 15) is 0 Å². The molecule has 0 aliphatic carbocycles. The minimum Gasteiger partial charge on any atom is -0.376 e. The number of thiocarbonyl (C=S) groups is 1. The Bertz CT molecular complexity index is 754. The highest BCUT2D eigenvalue weighted by atomic mass is 32.1. The van der Waals surface area contributed by atoms with Crippen LogP contribution in [0, 0.1) is 0 Å². The van der Waals surface area contributed by atoms with Gasteiger partial charge in [-0.3, -0.25) is 4.98 Å². The fraction of sp³-hybridized carbons (Fsp3) is 0.500. The summed E-state index contributed by atoms with van der Waals surface area (Å²) in [6.45, 7) is 6.08. The largest absolute Gasteiger partial charge is 0.376 e. The minimum atomic E-state index is 0.0492. The van der Waals surface area contributed by atoms with Crippen molar-refractivity contribution in [2.45, 2.75) is 50.9 Å². The zero-order valence-corrected chi connectivity index (χ0v) is 16.2. The van der Waals surface area contributed by atoms with E-state index in [1.54, 1.807) is 0 Å². The monoisotopic (exact) mass is 370 g/mol. The topological polar surface area (TPSA) is 42.3 Å². The third-order valence-corrected chi connectivity index (χ3v) is 5.65. The van der Waals surface area contributed by atoms with Crippen molar-refractivity contribution in [1.29, 1.82) is 0 Å². The average Bonchev–Trinajstić information content (AvgIpc) is 3.37. The Morgan fingerprint density at radius 2 is 2.23 bits per heavy atom. The summed E-state index contributed by atoms with van der Waals surface area (Å²) in [6, 6.07) is 8.87. The molecule has 2 aliphatic rings. The number of rotatable bonds is 5. The molecule has 2 aliphatic heterocycles. The minimum absolute atomic E-state index is 0.0492. The van der Waals surface area contributed by atoms with Crippen molar-refractivity contribution in [2.75, 3.05) is 13.2 Å². The maximum atomic E-state index is 5.88. The van der Waals surface area contributed by atoms with Gasteiger partial charge in [-0.2, -0.15) is 0 Å². The van der Waals surface area contributed by atoms with Gasteiger partial charge in [0.1, 0.15) is 0 Å². The molecule has 138 valence electrons. The summed E-state index contributed by atoms with van der Waals surface area (Å²) in [7, 11) is 0. The lowest BCUT2D eigenvalue weighted by atomic mass is 9.99. The fourth-order valence-electron chi connectivity index (χ4n) is 3.90. The number of ether oxygens (including phenoxy) is 1. The number of hydrogen-bond acceptors (Lipinski definition) is 3. The highest BCUT2D eigenvalue weighted by molar-refractivity contribution is 7.80. The van der Waals surface area contributed by atoms with Gasteiger partial charge in [0, 0.05) is 37.8 Å². The Morgan fingerprint density at radius 1 is 1.35 bits per heavy atom. The smallest absolute Gasteiger partial charge is 0.170 e. The van der Waals surface area contributed by atoms with Crippen LogP contribution >= 0.6 is 12.2 Å². The van der Waals surface area contributed by atoms with Crippen molar-refractivity contribution in [2.24, 2.45) is 0 Å². The second kappa shape index (κ2) is 7.37. The molecule has 0 saturated carbocycles. The van der Waals surface area contributed by atoms with Gasteiger partial charge in [0.05, 0.1) is 23.9 Å². The summed E-state index contributed by atoms with van der Waals surface area (Å²) in [6.07, 6.45) is 8.74. The molecule has 1 N–H and O–H groups in total. The lowest BCUT2D eigenvalue weighted by Crippen LogP contribution is -2.36. The first kappa shape index (κ1) is 17.5. The molecule has 0 bridgehead atoms. The molecule has 0 spiro atoms. The van der Waals surface area contributed by atoms with E-state index in [2.05, 4.69) is 58.1 Å². The number of pyridine rings is 1. The molecule has 0 unspecified atom stereocenters. The van der Waals surface area contributed by atoms with E-state index >= 15 is 0 Å². The predicted molar refractivity (Wildman–Crippen MR) is 106 cm³/mol. The van der Waals surface area contributed by atoms with Gasteiger partial charge in [-0.1, -0.05) is 6.07 Å². The molecule has 6 heteroatoms.